The second-order valence-electron chi connectivity index (χ2n) is 11.4. The van der Waals surface area contributed by atoms with E-state index in [1.807, 2.05) is 10.6 Å². The van der Waals surface area contributed by atoms with Crippen molar-refractivity contribution in [3.8, 4) is 0 Å². The van der Waals surface area contributed by atoms with Crippen LogP contribution in [0.25, 0.3) is 11.0 Å². The van der Waals surface area contributed by atoms with Crippen molar-refractivity contribution in [2.45, 2.75) is 89.7 Å². The van der Waals surface area contributed by atoms with Gasteiger partial charge in [0.1, 0.15) is 5.52 Å². The second-order valence-corrected chi connectivity index (χ2v) is 16.2. The Hall–Kier alpha value is -2.46. The van der Waals surface area contributed by atoms with Gasteiger partial charge in [-0.15, -0.1) is 0 Å². The fraction of sp³-hybridized carbons (Fsp3) is 0.680. The van der Waals surface area contributed by atoms with E-state index in [0.29, 0.717) is 6.54 Å². The Bertz CT molecular complexity index is 1070. The maximum absolute atomic E-state index is 13.3. The van der Waals surface area contributed by atoms with E-state index in [1.54, 1.807) is 12.5 Å². The first-order chi connectivity index (χ1) is 16.5. The Labute approximate surface area is 208 Å². The first-order valence-electron chi connectivity index (χ1n) is 12.7. The molecule has 2 atom stereocenters. The number of amides is 1. The predicted molar refractivity (Wildman–Crippen MR) is 138 cm³/mol. The molecule has 2 saturated heterocycles. The van der Waals surface area contributed by atoms with Crippen molar-refractivity contribution in [1.29, 1.82) is 0 Å². The van der Waals surface area contributed by atoms with E-state index in [4.69, 9.17) is 4.43 Å². The van der Waals surface area contributed by atoms with Gasteiger partial charge in [-0.1, -0.05) is 20.8 Å². The summed E-state index contributed by atoms with van der Waals surface area (Å²) in [6.07, 6.45) is 6.17. The number of imidazole rings is 1. The van der Waals surface area contributed by atoms with Gasteiger partial charge in [-0.05, 0) is 49.9 Å². The summed E-state index contributed by atoms with van der Waals surface area (Å²) in [5, 5.41) is 9.88. The summed E-state index contributed by atoms with van der Waals surface area (Å²) in [6, 6.07) is 1.42. The van der Waals surface area contributed by atoms with E-state index < -0.39 is 20.5 Å². The summed E-state index contributed by atoms with van der Waals surface area (Å²) in [5.41, 5.74) is 1.69. The van der Waals surface area contributed by atoms with Crippen LogP contribution in [-0.4, -0.2) is 76.5 Å². The molecule has 0 radical (unpaired) electrons. The number of piperidine rings is 1. The van der Waals surface area contributed by atoms with Gasteiger partial charge in [0.25, 0.3) is 0 Å². The maximum atomic E-state index is 13.3. The number of likely N-dealkylation sites (tertiary alicyclic amines) is 1. The van der Waals surface area contributed by atoms with Crippen LogP contribution in [0.1, 0.15) is 52.9 Å². The molecule has 0 aromatic carbocycles. The summed E-state index contributed by atoms with van der Waals surface area (Å²) in [4.78, 5) is 38.1. The summed E-state index contributed by atoms with van der Waals surface area (Å²) in [6.45, 7) is 13.4. The van der Waals surface area contributed by atoms with Gasteiger partial charge in [0, 0.05) is 32.3 Å². The van der Waals surface area contributed by atoms with Gasteiger partial charge < -0.3 is 23.9 Å². The molecule has 0 spiro atoms. The van der Waals surface area contributed by atoms with E-state index in [1.165, 1.54) is 4.90 Å². The van der Waals surface area contributed by atoms with Gasteiger partial charge in [-0.2, -0.15) is 0 Å². The molecule has 1 amide bonds. The van der Waals surface area contributed by atoms with Gasteiger partial charge >= 0.3 is 6.09 Å². The number of hydrogen-bond donors (Lipinski definition) is 1. The molecule has 192 valence electrons. The molecule has 2 fully saturated rings. The summed E-state index contributed by atoms with van der Waals surface area (Å²) >= 11 is 0. The van der Waals surface area contributed by atoms with Crippen LogP contribution in [0.15, 0.2) is 18.6 Å². The zero-order valence-corrected chi connectivity index (χ0v) is 22.7. The number of carbonyl (C=O) groups excluding carboxylic acids is 1. The molecule has 0 aliphatic carbocycles. The lowest BCUT2D eigenvalue weighted by molar-refractivity contribution is -0.122. The van der Waals surface area contributed by atoms with E-state index in [2.05, 4.69) is 48.7 Å². The number of aromatic nitrogens is 3. The highest BCUT2D eigenvalue weighted by atomic mass is 28.4. The minimum atomic E-state index is -2.13. The van der Waals surface area contributed by atoms with Crippen molar-refractivity contribution in [2.75, 3.05) is 24.5 Å². The first-order valence-corrected chi connectivity index (χ1v) is 15.6. The van der Waals surface area contributed by atoms with E-state index in [-0.39, 0.29) is 29.9 Å². The van der Waals surface area contributed by atoms with Crippen LogP contribution in [0.4, 0.5) is 10.6 Å². The third-order valence-electron chi connectivity index (χ3n) is 7.92. The highest BCUT2D eigenvalue weighted by molar-refractivity contribution is 6.74. The zero-order valence-electron chi connectivity index (χ0n) is 21.7. The average Bonchev–Trinajstić information content (AvgIpc) is 3.44. The monoisotopic (exact) mass is 501 g/mol. The Balaban J connectivity index is 1.53. The molecule has 4 heterocycles. The minimum Gasteiger partial charge on any atom is -0.465 e. The topological polar surface area (TPSA) is 101 Å². The number of carboxylic acid groups (broad SMARTS) is 1. The summed E-state index contributed by atoms with van der Waals surface area (Å²) < 4.78 is 8.52. The van der Waals surface area contributed by atoms with Crippen LogP contribution >= 0.6 is 0 Å². The number of fused-ring (bicyclic) bond motifs is 1. The van der Waals surface area contributed by atoms with Crippen LogP contribution < -0.4 is 4.90 Å². The van der Waals surface area contributed by atoms with E-state index >= 15 is 0 Å². The first kappa shape index (κ1) is 25.6. The van der Waals surface area contributed by atoms with Crippen LogP contribution in [0, 0.1) is 0 Å². The van der Waals surface area contributed by atoms with E-state index in [0.717, 1.165) is 55.6 Å². The van der Waals surface area contributed by atoms with Gasteiger partial charge in [0.05, 0.1) is 30.5 Å². The standard InChI is InChI=1S/C25H39N5O4Si/c1-25(2,3)35(4,5)34-21-9-8-14-30(24(32)33)20(21)15-18(31)16-29-17-27-22-19(29)10-11-26-23(22)28-12-6-7-13-28/h10-11,17,20-21H,6-9,12-16H2,1-5H3,(H,32,33)/t20-,21+/m1/s1. The highest BCUT2D eigenvalue weighted by Gasteiger charge is 2.44. The molecule has 2 aromatic heterocycles. The Morgan fingerprint density at radius 3 is 2.51 bits per heavy atom. The number of pyridine rings is 1. The van der Waals surface area contributed by atoms with Crippen molar-refractivity contribution in [2.24, 2.45) is 0 Å². The third-order valence-corrected chi connectivity index (χ3v) is 12.4. The number of ketones is 1. The largest absolute Gasteiger partial charge is 0.465 e. The SMILES string of the molecule is CC(C)(C)[Si](C)(C)O[C@H]1CCCN(C(=O)O)[C@@H]1CC(=O)Cn1cnc2c(N3CCCC3)nccc21. The number of rotatable bonds is 7. The van der Waals surface area contributed by atoms with Gasteiger partial charge in [0.2, 0.25) is 0 Å². The molecule has 1 N–H and O–H groups in total. The lowest BCUT2D eigenvalue weighted by Crippen LogP contribution is -2.56. The second kappa shape index (κ2) is 9.89. The van der Waals surface area contributed by atoms with Crippen LogP contribution in [-0.2, 0) is 15.8 Å². The van der Waals surface area contributed by atoms with Gasteiger partial charge in [-0.25, -0.2) is 14.8 Å². The lowest BCUT2D eigenvalue weighted by Gasteiger charge is -2.45. The third kappa shape index (κ3) is 5.38. The molecular formula is C25H39N5O4Si. The Morgan fingerprint density at radius 1 is 1.14 bits per heavy atom. The number of nitrogens with zero attached hydrogens (tertiary/aromatic N) is 5. The van der Waals surface area contributed by atoms with Crippen molar-refractivity contribution < 1.29 is 19.1 Å². The van der Waals surface area contributed by atoms with Crippen molar-refractivity contribution in [3.05, 3.63) is 18.6 Å². The number of carbonyl (C=O) groups is 2. The normalized spacial score (nSPS) is 21.6. The highest BCUT2D eigenvalue weighted by Crippen LogP contribution is 2.39. The molecule has 9 nitrogen and oxygen atoms in total. The molecular weight excluding hydrogens is 462 g/mol. The van der Waals surface area contributed by atoms with Crippen molar-refractivity contribution in [1.82, 2.24) is 19.4 Å². The van der Waals surface area contributed by atoms with Gasteiger partial charge in [0.15, 0.2) is 19.9 Å². The van der Waals surface area contributed by atoms with Gasteiger partial charge in [-0.3, -0.25) is 4.79 Å². The fourth-order valence-electron chi connectivity index (χ4n) is 4.95. The molecule has 10 heteroatoms. The zero-order chi connectivity index (χ0) is 25.4. The number of Topliss-reactive ketones (excluding diaryl/α,β-unsaturated/α-hetero) is 1. The fourth-order valence-corrected chi connectivity index (χ4v) is 6.33. The van der Waals surface area contributed by atoms with Crippen LogP contribution in [0.5, 0.6) is 0 Å². The Morgan fingerprint density at radius 2 is 1.86 bits per heavy atom. The van der Waals surface area contributed by atoms with Crippen LogP contribution in [0.2, 0.25) is 18.1 Å². The molecule has 2 aromatic rings. The molecule has 0 bridgehead atoms. The van der Waals surface area contributed by atoms with Crippen molar-refractivity contribution in [3.63, 3.8) is 0 Å². The molecule has 35 heavy (non-hydrogen) atoms. The smallest absolute Gasteiger partial charge is 0.407 e. The maximum Gasteiger partial charge on any atom is 0.407 e. The predicted octanol–water partition coefficient (Wildman–Crippen LogP) is 4.52. The minimum absolute atomic E-state index is 0.00384. The number of anilines is 1. The summed E-state index contributed by atoms with van der Waals surface area (Å²) in [7, 11) is -2.13. The van der Waals surface area contributed by atoms with Crippen molar-refractivity contribution >= 4 is 37.0 Å². The average molecular weight is 502 g/mol. The molecule has 2 aliphatic heterocycles. The molecule has 4 rings (SSSR count). The molecule has 0 unspecified atom stereocenters. The number of hydrogen-bond acceptors (Lipinski definition) is 6. The van der Waals surface area contributed by atoms with Crippen LogP contribution in [0.3, 0.4) is 0 Å². The molecule has 0 saturated carbocycles. The summed E-state index contributed by atoms with van der Waals surface area (Å²) in [5.74, 6) is 0.851. The Kier molecular flexibility index (Phi) is 7.24. The lowest BCUT2D eigenvalue weighted by atomic mass is 9.95. The van der Waals surface area contributed by atoms with E-state index in [9.17, 15) is 14.7 Å². The quantitative estimate of drug-likeness (QED) is 0.557. The molecule has 2 aliphatic rings.